The Kier molecular flexibility index (Phi) is 5.56. The molecule has 1 heterocycles. The Hall–Kier alpha value is -2.73. The van der Waals surface area contributed by atoms with Crippen LogP contribution < -0.4 is 0 Å². The van der Waals surface area contributed by atoms with E-state index in [4.69, 9.17) is 0 Å². The van der Waals surface area contributed by atoms with Crippen LogP contribution >= 0.6 is 11.8 Å². The summed E-state index contributed by atoms with van der Waals surface area (Å²) in [6.07, 6.45) is 0.618. The molecule has 0 bridgehead atoms. The molecule has 1 aliphatic rings. The summed E-state index contributed by atoms with van der Waals surface area (Å²) in [6.45, 7) is 3.78. The molecule has 1 amide bonds. The lowest BCUT2D eigenvalue weighted by atomic mass is 9.94. The molecule has 6 heteroatoms. The minimum atomic E-state index is -1.48. The minimum Gasteiger partial charge on any atom is -0.479 e. The molecule has 0 spiro atoms. The highest BCUT2D eigenvalue weighted by atomic mass is 32.2. The molecule has 1 saturated heterocycles. The summed E-state index contributed by atoms with van der Waals surface area (Å²) in [4.78, 5) is 23.3. The summed E-state index contributed by atoms with van der Waals surface area (Å²) in [5.74, 6) is -0.921. The first kappa shape index (κ1) is 19.0. The van der Waals surface area contributed by atoms with E-state index in [1.165, 1.54) is 0 Å². The maximum atomic E-state index is 12.0. The first-order chi connectivity index (χ1) is 13.0. The van der Waals surface area contributed by atoms with Crippen molar-refractivity contribution in [2.24, 2.45) is 0 Å². The van der Waals surface area contributed by atoms with Crippen molar-refractivity contribution in [3.8, 4) is 11.1 Å². The van der Waals surface area contributed by atoms with E-state index in [2.05, 4.69) is 6.58 Å². The summed E-state index contributed by atoms with van der Waals surface area (Å²) >= 11 is 1.10. The van der Waals surface area contributed by atoms with Gasteiger partial charge in [0.2, 0.25) is 0 Å². The summed E-state index contributed by atoms with van der Waals surface area (Å²) < 4.78 is 0. The number of aliphatic carboxylic acids is 1. The standard InChI is InChI=1S/C21H21NO4S/c1-2-12-27-21(19(23)24)13-18(14-22(21)20(25)26)17-10-8-16(9-11-17)15-6-4-3-5-7-15/h2-11,18H,1,12-14H2,(H,23,24)(H,25,26). The molecule has 0 aromatic heterocycles. The monoisotopic (exact) mass is 383 g/mol. The second-order valence-corrected chi connectivity index (χ2v) is 7.77. The molecule has 1 fully saturated rings. The Bertz CT molecular complexity index is 837. The fraction of sp³-hybridized carbons (Fsp3) is 0.238. The Labute approximate surface area is 162 Å². The Balaban J connectivity index is 1.88. The summed E-state index contributed by atoms with van der Waals surface area (Å²) in [7, 11) is 0. The van der Waals surface area contributed by atoms with E-state index in [1.54, 1.807) is 6.08 Å². The van der Waals surface area contributed by atoms with Gasteiger partial charge in [-0.15, -0.1) is 18.3 Å². The summed E-state index contributed by atoms with van der Waals surface area (Å²) in [6, 6.07) is 17.9. The van der Waals surface area contributed by atoms with Gasteiger partial charge in [-0.25, -0.2) is 9.59 Å². The van der Waals surface area contributed by atoms with Gasteiger partial charge in [0.25, 0.3) is 0 Å². The third-order valence-corrected chi connectivity index (χ3v) is 6.30. The number of carboxylic acid groups (broad SMARTS) is 2. The molecule has 0 aliphatic carbocycles. The third kappa shape index (κ3) is 3.71. The van der Waals surface area contributed by atoms with Crippen LogP contribution in [0.15, 0.2) is 67.3 Å². The van der Waals surface area contributed by atoms with Gasteiger partial charge in [0.15, 0.2) is 4.87 Å². The van der Waals surface area contributed by atoms with Gasteiger partial charge in [-0.2, -0.15) is 0 Å². The van der Waals surface area contributed by atoms with Crippen molar-refractivity contribution in [1.29, 1.82) is 0 Å². The fourth-order valence-electron chi connectivity index (χ4n) is 3.51. The van der Waals surface area contributed by atoms with Gasteiger partial charge >= 0.3 is 12.1 Å². The molecule has 140 valence electrons. The number of hydrogen-bond acceptors (Lipinski definition) is 3. The van der Waals surface area contributed by atoms with Crippen LogP contribution in [-0.2, 0) is 4.79 Å². The van der Waals surface area contributed by atoms with Crippen LogP contribution in [0.5, 0.6) is 0 Å². The van der Waals surface area contributed by atoms with Crippen molar-refractivity contribution >= 4 is 23.8 Å². The molecule has 2 aromatic carbocycles. The van der Waals surface area contributed by atoms with E-state index < -0.39 is 16.9 Å². The smallest absolute Gasteiger partial charge is 0.408 e. The van der Waals surface area contributed by atoms with Crippen LogP contribution in [-0.4, -0.2) is 44.3 Å². The number of benzene rings is 2. The number of amides is 1. The van der Waals surface area contributed by atoms with Crippen LogP contribution in [0.1, 0.15) is 17.9 Å². The van der Waals surface area contributed by atoms with Crippen molar-refractivity contribution < 1.29 is 19.8 Å². The van der Waals surface area contributed by atoms with E-state index in [1.807, 2.05) is 54.6 Å². The van der Waals surface area contributed by atoms with Crippen molar-refractivity contribution in [3.63, 3.8) is 0 Å². The second kappa shape index (κ2) is 7.88. The molecule has 2 aromatic rings. The number of rotatable bonds is 6. The van der Waals surface area contributed by atoms with E-state index in [-0.39, 0.29) is 18.9 Å². The van der Waals surface area contributed by atoms with Crippen LogP contribution in [0.2, 0.25) is 0 Å². The van der Waals surface area contributed by atoms with Crippen LogP contribution in [0.3, 0.4) is 0 Å². The van der Waals surface area contributed by atoms with E-state index >= 15 is 0 Å². The molecule has 27 heavy (non-hydrogen) atoms. The summed E-state index contributed by atoms with van der Waals surface area (Å²) in [5, 5.41) is 19.4. The van der Waals surface area contributed by atoms with Gasteiger partial charge in [-0.3, -0.25) is 4.90 Å². The zero-order chi connectivity index (χ0) is 19.4. The minimum absolute atomic E-state index is 0.163. The highest BCUT2D eigenvalue weighted by molar-refractivity contribution is 8.01. The first-order valence-electron chi connectivity index (χ1n) is 8.62. The maximum Gasteiger partial charge on any atom is 0.408 e. The van der Waals surface area contributed by atoms with Crippen molar-refractivity contribution in [2.75, 3.05) is 12.3 Å². The number of carbonyl (C=O) groups is 2. The van der Waals surface area contributed by atoms with Crippen LogP contribution in [0.25, 0.3) is 11.1 Å². The lowest BCUT2D eigenvalue weighted by molar-refractivity contribution is -0.143. The molecule has 1 aliphatic heterocycles. The topological polar surface area (TPSA) is 77.8 Å². The van der Waals surface area contributed by atoms with Crippen molar-refractivity contribution in [2.45, 2.75) is 17.2 Å². The van der Waals surface area contributed by atoms with Crippen LogP contribution in [0, 0.1) is 0 Å². The number of nitrogens with zero attached hydrogens (tertiary/aromatic N) is 1. The summed E-state index contributed by atoms with van der Waals surface area (Å²) in [5.41, 5.74) is 3.12. The predicted molar refractivity (Wildman–Crippen MR) is 107 cm³/mol. The molecule has 5 nitrogen and oxygen atoms in total. The average molecular weight is 383 g/mol. The number of thioether (sulfide) groups is 1. The molecular weight excluding hydrogens is 362 g/mol. The number of likely N-dealkylation sites (tertiary alicyclic amines) is 1. The van der Waals surface area contributed by atoms with Gasteiger partial charge in [-0.05, 0) is 23.1 Å². The fourth-order valence-corrected chi connectivity index (χ4v) is 4.65. The molecule has 3 rings (SSSR count). The first-order valence-corrected chi connectivity index (χ1v) is 9.60. The molecule has 2 unspecified atom stereocenters. The molecule has 0 saturated carbocycles. The Morgan fingerprint density at radius 3 is 2.30 bits per heavy atom. The normalized spacial score (nSPS) is 21.8. The highest BCUT2D eigenvalue weighted by Gasteiger charge is 2.54. The van der Waals surface area contributed by atoms with Gasteiger partial charge in [0.1, 0.15) is 0 Å². The van der Waals surface area contributed by atoms with Crippen molar-refractivity contribution in [1.82, 2.24) is 4.90 Å². The molecule has 0 radical (unpaired) electrons. The molecular formula is C21H21NO4S. The third-order valence-electron chi connectivity index (χ3n) is 4.86. The van der Waals surface area contributed by atoms with Gasteiger partial charge in [0.05, 0.1) is 0 Å². The predicted octanol–water partition coefficient (Wildman–Crippen LogP) is 4.52. The highest BCUT2D eigenvalue weighted by Crippen LogP contribution is 2.46. The largest absolute Gasteiger partial charge is 0.479 e. The zero-order valence-corrected chi connectivity index (χ0v) is 15.6. The van der Waals surface area contributed by atoms with Gasteiger partial charge < -0.3 is 10.2 Å². The lowest BCUT2D eigenvalue weighted by Crippen LogP contribution is -2.50. The van der Waals surface area contributed by atoms with Gasteiger partial charge in [0, 0.05) is 18.2 Å². The maximum absolute atomic E-state index is 12.0. The Morgan fingerprint density at radius 2 is 1.74 bits per heavy atom. The molecule has 2 atom stereocenters. The Morgan fingerprint density at radius 1 is 1.11 bits per heavy atom. The van der Waals surface area contributed by atoms with E-state index in [0.29, 0.717) is 5.75 Å². The SMILES string of the molecule is C=CCSC1(C(=O)O)CC(c2ccc(-c3ccccc3)cc2)CN1C(=O)O. The van der Waals surface area contributed by atoms with Crippen molar-refractivity contribution in [3.05, 3.63) is 72.8 Å². The quantitative estimate of drug-likeness (QED) is 0.717. The second-order valence-electron chi connectivity index (χ2n) is 6.47. The zero-order valence-electron chi connectivity index (χ0n) is 14.7. The number of hydrogen-bond donors (Lipinski definition) is 2. The lowest BCUT2D eigenvalue weighted by Gasteiger charge is -2.31. The van der Waals surface area contributed by atoms with E-state index in [0.717, 1.165) is 33.4 Å². The van der Waals surface area contributed by atoms with Crippen LogP contribution in [0.4, 0.5) is 4.79 Å². The average Bonchev–Trinajstić information content (AvgIpc) is 3.09. The van der Waals surface area contributed by atoms with E-state index in [9.17, 15) is 19.8 Å². The number of carboxylic acids is 1. The van der Waals surface area contributed by atoms with Gasteiger partial charge in [-0.1, -0.05) is 60.7 Å². The molecule has 2 N–H and O–H groups in total.